The Hall–Kier alpha value is -3.65. The number of carbonyl (C=O) groups is 1. The zero-order valence-corrected chi connectivity index (χ0v) is 16.0. The quantitative estimate of drug-likeness (QED) is 0.656. The second-order valence-electron chi connectivity index (χ2n) is 7.37. The lowest BCUT2D eigenvalue weighted by atomic mass is 9.77. The molecule has 0 amide bonds. The largest absolute Gasteiger partial charge is 0.380 e. The van der Waals surface area contributed by atoms with Gasteiger partial charge in [-0.1, -0.05) is 55.1 Å². The highest BCUT2D eigenvalue weighted by Gasteiger charge is 2.34. The summed E-state index contributed by atoms with van der Waals surface area (Å²) < 4.78 is 1.65. The summed E-state index contributed by atoms with van der Waals surface area (Å²) in [5.74, 6) is 0.0203. The molecule has 1 aromatic heterocycles. The van der Waals surface area contributed by atoms with Gasteiger partial charge < -0.3 is 9.88 Å². The van der Waals surface area contributed by atoms with Crippen LogP contribution in [0.25, 0.3) is 10.9 Å². The third-order valence-corrected chi connectivity index (χ3v) is 5.56. The first kappa shape index (κ1) is 18.7. The molecule has 1 aliphatic carbocycles. The first-order chi connectivity index (χ1) is 14.1. The summed E-state index contributed by atoms with van der Waals surface area (Å²) in [5.41, 5.74) is 2.13. The summed E-state index contributed by atoms with van der Waals surface area (Å²) >= 11 is 0. The standard InChI is InChI=1S/C24H21N3O2/c1-2-22(28)17-12-18(13-17)26-23-19-10-6-7-11-21(19)27(24(29)20(23)14-25)15-16-8-4-3-5-9-16/h2-11,17-18,26H,1,12-13,15H2. The summed E-state index contributed by atoms with van der Waals surface area (Å²) in [7, 11) is 0. The normalized spacial score (nSPS) is 17.9. The zero-order chi connectivity index (χ0) is 20.4. The third kappa shape index (κ3) is 3.45. The van der Waals surface area contributed by atoms with Crippen molar-refractivity contribution in [3.8, 4) is 6.07 Å². The first-order valence-electron chi connectivity index (χ1n) is 9.64. The SMILES string of the molecule is C=CC(=O)C1CC(Nc2c(C#N)c(=O)n(Cc3ccccc3)c3ccccc23)C1. The monoisotopic (exact) mass is 383 g/mol. The van der Waals surface area contributed by atoms with Crippen LogP contribution in [0.4, 0.5) is 5.69 Å². The molecule has 0 spiro atoms. The fourth-order valence-electron chi connectivity index (χ4n) is 3.92. The van der Waals surface area contributed by atoms with Crippen LogP contribution in [0.3, 0.4) is 0 Å². The Labute approximate surface area is 168 Å². The van der Waals surface area contributed by atoms with E-state index < -0.39 is 0 Å². The molecule has 3 aromatic rings. The smallest absolute Gasteiger partial charge is 0.271 e. The van der Waals surface area contributed by atoms with Crippen molar-refractivity contribution in [2.45, 2.75) is 25.4 Å². The Morgan fingerprint density at radius 2 is 1.86 bits per heavy atom. The van der Waals surface area contributed by atoms with Crippen molar-refractivity contribution in [2.24, 2.45) is 5.92 Å². The lowest BCUT2D eigenvalue weighted by molar-refractivity contribution is -0.120. The first-order valence-corrected chi connectivity index (χ1v) is 9.64. The number of hydrogen-bond acceptors (Lipinski definition) is 4. The van der Waals surface area contributed by atoms with Gasteiger partial charge in [-0.05, 0) is 30.5 Å². The molecule has 1 aliphatic rings. The van der Waals surface area contributed by atoms with E-state index in [0.717, 1.165) is 16.5 Å². The number of anilines is 1. The van der Waals surface area contributed by atoms with E-state index in [2.05, 4.69) is 18.0 Å². The molecule has 0 radical (unpaired) electrons. The lowest BCUT2D eigenvalue weighted by Crippen LogP contribution is -2.40. The number of para-hydroxylation sites is 1. The number of allylic oxidation sites excluding steroid dienone is 1. The minimum absolute atomic E-state index is 0.0275. The molecule has 0 atom stereocenters. The van der Waals surface area contributed by atoms with Crippen LogP contribution < -0.4 is 10.9 Å². The summed E-state index contributed by atoms with van der Waals surface area (Å²) in [6.07, 6.45) is 2.72. The number of rotatable bonds is 6. The van der Waals surface area contributed by atoms with Crippen molar-refractivity contribution < 1.29 is 4.79 Å². The number of ketones is 1. The van der Waals surface area contributed by atoms with Gasteiger partial charge in [0.1, 0.15) is 11.6 Å². The van der Waals surface area contributed by atoms with Crippen molar-refractivity contribution in [3.05, 3.63) is 88.7 Å². The maximum absolute atomic E-state index is 13.2. The fraction of sp³-hybridized carbons (Fsp3) is 0.208. The van der Waals surface area contributed by atoms with Crippen LogP contribution in [-0.2, 0) is 11.3 Å². The molecule has 2 aromatic carbocycles. The number of nitrogens with zero attached hydrogens (tertiary/aromatic N) is 2. The summed E-state index contributed by atoms with van der Waals surface area (Å²) in [4.78, 5) is 24.9. The average Bonchev–Trinajstić information content (AvgIpc) is 2.73. The molecule has 5 heteroatoms. The molecule has 0 aliphatic heterocycles. The van der Waals surface area contributed by atoms with E-state index in [1.807, 2.05) is 54.6 Å². The molecule has 144 valence electrons. The molecule has 29 heavy (non-hydrogen) atoms. The Balaban J connectivity index is 1.75. The number of nitrogens with one attached hydrogen (secondary N) is 1. The number of fused-ring (bicyclic) bond motifs is 1. The van der Waals surface area contributed by atoms with Gasteiger partial charge in [0.25, 0.3) is 5.56 Å². The van der Waals surface area contributed by atoms with E-state index in [9.17, 15) is 14.9 Å². The number of aromatic nitrogens is 1. The van der Waals surface area contributed by atoms with Crippen molar-refractivity contribution in [1.82, 2.24) is 4.57 Å². The number of benzene rings is 2. The van der Waals surface area contributed by atoms with Crippen molar-refractivity contribution >= 4 is 22.4 Å². The topological polar surface area (TPSA) is 74.9 Å². The summed E-state index contributed by atoms with van der Waals surface area (Å²) in [6, 6.07) is 19.5. The van der Waals surface area contributed by atoms with Crippen LogP contribution in [0.1, 0.15) is 24.0 Å². The summed E-state index contributed by atoms with van der Waals surface area (Å²) in [6.45, 7) is 3.94. The van der Waals surface area contributed by atoms with Crippen molar-refractivity contribution in [3.63, 3.8) is 0 Å². The van der Waals surface area contributed by atoms with Gasteiger partial charge in [0, 0.05) is 17.3 Å². The number of nitriles is 1. The maximum atomic E-state index is 13.2. The van der Waals surface area contributed by atoms with Gasteiger partial charge in [0.05, 0.1) is 17.7 Å². The molecular weight excluding hydrogens is 362 g/mol. The van der Waals surface area contributed by atoms with Crippen LogP contribution in [0.5, 0.6) is 0 Å². The Morgan fingerprint density at radius 1 is 1.17 bits per heavy atom. The predicted molar refractivity (Wildman–Crippen MR) is 114 cm³/mol. The van der Waals surface area contributed by atoms with Gasteiger partial charge >= 0.3 is 0 Å². The highest BCUT2D eigenvalue weighted by molar-refractivity contribution is 5.95. The van der Waals surface area contributed by atoms with Gasteiger partial charge in [0.15, 0.2) is 5.78 Å². The van der Waals surface area contributed by atoms with Crippen molar-refractivity contribution in [1.29, 1.82) is 5.26 Å². The van der Waals surface area contributed by atoms with E-state index in [4.69, 9.17) is 0 Å². The van der Waals surface area contributed by atoms with Crippen LogP contribution in [0.2, 0.25) is 0 Å². The molecule has 1 saturated carbocycles. The molecule has 0 saturated heterocycles. The van der Waals surface area contributed by atoms with E-state index in [-0.39, 0.29) is 28.9 Å². The summed E-state index contributed by atoms with van der Waals surface area (Å²) in [5, 5.41) is 14.0. The van der Waals surface area contributed by atoms with Crippen LogP contribution in [-0.4, -0.2) is 16.4 Å². The third-order valence-electron chi connectivity index (χ3n) is 5.56. The Morgan fingerprint density at radius 3 is 2.55 bits per heavy atom. The van der Waals surface area contributed by atoms with E-state index in [1.54, 1.807) is 4.57 Å². The van der Waals surface area contributed by atoms with Crippen LogP contribution in [0, 0.1) is 17.2 Å². The number of pyridine rings is 1. The van der Waals surface area contributed by atoms with Gasteiger partial charge in [-0.2, -0.15) is 5.26 Å². The highest BCUT2D eigenvalue weighted by atomic mass is 16.1. The molecule has 1 N–H and O–H groups in total. The molecule has 4 rings (SSSR count). The molecule has 0 bridgehead atoms. The predicted octanol–water partition coefficient (Wildman–Crippen LogP) is 3.87. The van der Waals surface area contributed by atoms with Crippen LogP contribution >= 0.6 is 0 Å². The molecule has 5 nitrogen and oxygen atoms in total. The highest BCUT2D eigenvalue weighted by Crippen LogP contribution is 2.34. The molecule has 1 fully saturated rings. The number of hydrogen-bond donors (Lipinski definition) is 1. The minimum Gasteiger partial charge on any atom is -0.380 e. The van der Waals surface area contributed by atoms with Gasteiger partial charge in [-0.15, -0.1) is 0 Å². The second-order valence-corrected chi connectivity index (χ2v) is 7.37. The molecule has 0 unspecified atom stereocenters. The van der Waals surface area contributed by atoms with E-state index in [1.165, 1.54) is 6.08 Å². The lowest BCUT2D eigenvalue weighted by Gasteiger charge is -2.35. The zero-order valence-electron chi connectivity index (χ0n) is 16.0. The minimum atomic E-state index is -0.310. The number of carbonyl (C=O) groups excluding carboxylic acids is 1. The van der Waals surface area contributed by atoms with Gasteiger partial charge in [0.2, 0.25) is 0 Å². The van der Waals surface area contributed by atoms with Gasteiger partial charge in [-0.25, -0.2) is 0 Å². The molecule has 1 heterocycles. The fourth-order valence-corrected chi connectivity index (χ4v) is 3.92. The molecular formula is C24H21N3O2. The van der Waals surface area contributed by atoms with Crippen molar-refractivity contribution in [2.75, 3.05) is 5.32 Å². The maximum Gasteiger partial charge on any atom is 0.271 e. The average molecular weight is 383 g/mol. The second kappa shape index (κ2) is 7.76. The van der Waals surface area contributed by atoms with E-state index in [0.29, 0.717) is 25.1 Å². The Kier molecular flexibility index (Phi) is 5.01. The van der Waals surface area contributed by atoms with Gasteiger partial charge in [-0.3, -0.25) is 9.59 Å². The van der Waals surface area contributed by atoms with Crippen LogP contribution in [0.15, 0.2) is 72.0 Å². The van der Waals surface area contributed by atoms with E-state index >= 15 is 0 Å². The Bertz CT molecular complexity index is 1180.